The SMILES string of the molecule is C[C@H]1CCCC[C@H]1n1c(SCC(=O)C23CC4CC(CC(C4)C2)C3)nnc1-c1cccnc1. The van der Waals surface area contributed by atoms with Crippen LogP contribution in [0.15, 0.2) is 29.7 Å². The molecule has 0 N–H and O–H groups in total. The van der Waals surface area contributed by atoms with Gasteiger partial charge in [-0.1, -0.05) is 31.5 Å². The summed E-state index contributed by atoms with van der Waals surface area (Å²) >= 11 is 1.63. The molecule has 0 aromatic carbocycles. The normalized spacial score (nSPS) is 35.8. The third kappa shape index (κ3) is 3.63. The van der Waals surface area contributed by atoms with E-state index in [4.69, 9.17) is 0 Å². The first kappa shape index (κ1) is 20.9. The van der Waals surface area contributed by atoms with Crippen LogP contribution in [-0.4, -0.2) is 31.3 Å². The lowest BCUT2D eigenvalue weighted by Crippen LogP contribution is -2.50. The predicted molar refractivity (Wildman–Crippen MR) is 126 cm³/mol. The number of aromatic nitrogens is 4. The Bertz CT molecular complexity index is 952. The number of nitrogens with zero attached hydrogens (tertiary/aromatic N) is 4. The van der Waals surface area contributed by atoms with Crippen molar-refractivity contribution in [1.29, 1.82) is 0 Å². The molecule has 5 aliphatic rings. The van der Waals surface area contributed by atoms with Crippen molar-refractivity contribution in [1.82, 2.24) is 19.7 Å². The molecule has 5 aliphatic carbocycles. The second kappa shape index (κ2) is 8.27. The topological polar surface area (TPSA) is 60.7 Å². The van der Waals surface area contributed by atoms with Crippen LogP contribution in [0.5, 0.6) is 0 Å². The van der Waals surface area contributed by atoms with E-state index in [9.17, 15) is 4.79 Å². The molecule has 2 atom stereocenters. The van der Waals surface area contributed by atoms with Gasteiger partial charge in [-0.25, -0.2) is 0 Å². The number of rotatable bonds is 6. The Morgan fingerprint density at radius 3 is 2.47 bits per heavy atom. The molecule has 6 heteroatoms. The average molecular weight is 451 g/mol. The molecule has 5 fully saturated rings. The maximum atomic E-state index is 13.6. The maximum absolute atomic E-state index is 13.6. The lowest BCUT2D eigenvalue weighted by atomic mass is 9.48. The standard InChI is InChI=1S/C26H34N4OS/c1-17-5-2-3-7-22(17)30-24(21-6-4-8-27-15-21)28-29-25(30)32-16-23(31)26-12-18-9-19(13-26)11-20(10-18)14-26/h4,6,8,15,17-20,22H,2-3,5,7,9-14,16H2,1H3/t17-,18?,19?,20?,22+,26?/m0/s1. The van der Waals surface area contributed by atoms with Gasteiger partial charge in [-0.05, 0) is 87.2 Å². The van der Waals surface area contributed by atoms with E-state index in [0.29, 0.717) is 23.5 Å². The van der Waals surface area contributed by atoms with E-state index in [0.717, 1.165) is 60.0 Å². The van der Waals surface area contributed by atoms with Gasteiger partial charge in [0.2, 0.25) is 0 Å². The van der Waals surface area contributed by atoms with Crippen molar-refractivity contribution in [3.8, 4) is 11.4 Å². The minimum absolute atomic E-state index is 0.0308. The maximum Gasteiger partial charge on any atom is 0.192 e. The van der Waals surface area contributed by atoms with Gasteiger partial charge >= 0.3 is 0 Å². The molecule has 0 saturated heterocycles. The number of pyridine rings is 1. The van der Waals surface area contributed by atoms with Crippen LogP contribution in [0.25, 0.3) is 11.4 Å². The van der Waals surface area contributed by atoms with Crippen molar-refractivity contribution in [2.45, 2.75) is 82.3 Å². The zero-order chi connectivity index (χ0) is 21.7. The van der Waals surface area contributed by atoms with Gasteiger partial charge in [-0.15, -0.1) is 10.2 Å². The van der Waals surface area contributed by atoms with Crippen molar-refractivity contribution < 1.29 is 4.79 Å². The second-order valence-corrected chi connectivity index (χ2v) is 12.1. The lowest BCUT2D eigenvalue weighted by molar-refractivity contribution is -0.141. The highest BCUT2D eigenvalue weighted by atomic mass is 32.2. The Hall–Kier alpha value is -1.69. The van der Waals surface area contributed by atoms with Crippen molar-refractivity contribution in [2.75, 3.05) is 5.75 Å². The van der Waals surface area contributed by atoms with Crippen LogP contribution in [0, 0.1) is 29.1 Å². The highest BCUT2D eigenvalue weighted by molar-refractivity contribution is 7.99. The molecule has 0 spiro atoms. The van der Waals surface area contributed by atoms with E-state index in [1.54, 1.807) is 18.0 Å². The fourth-order valence-electron chi connectivity index (χ4n) is 7.78. The molecule has 0 unspecified atom stereocenters. The molecule has 4 bridgehead atoms. The van der Waals surface area contributed by atoms with E-state index in [1.165, 1.54) is 38.5 Å². The van der Waals surface area contributed by atoms with Gasteiger partial charge in [0.05, 0.1) is 5.75 Å². The quantitative estimate of drug-likeness (QED) is 0.508. The van der Waals surface area contributed by atoms with E-state index >= 15 is 0 Å². The number of carbonyl (C=O) groups excluding carboxylic acids is 1. The minimum atomic E-state index is -0.0308. The molecule has 32 heavy (non-hydrogen) atoms. The summed E-state index contributed by atoms with van der Waals surface area (Å²) in [6, 6.07) is 4.42. The van der Waals surface area contributed by atoms with Gasteiger partial charge in [0, 0.05) is 29.4 Å². The monoisotopic (exact) mass is 450 g/mol. The molecule has 5 nitrogen and oxygen atoms in total. The highest BCUT2D eigenvalue weighted by Crippen LogP contribution is 2.60. The van der Waals surface area contributed by atoms with Crippen LogP contribution < -0.4 is 0 Å². The van der Waals surface area contributed by atoms with E-state index in [2.05, 4.69) is 32.7 Å². The average Bonchev–Trinajstić information content (AvgIpc) is 3.21. The summed E-state index contributed by atoms with van der Waals surface area (Å²) in [5.41, 5.74) is 0.980. The smallest absolute Gasteiger partial charge is 0.192 e. The second-order valence-electron chi connectivity index (χ2n) is 11.2. The molecule has 2 aromatic heterocycles. The zero-order valence-electron chi connectivity index (χ0n) is 19.1. The van der Waals surface area contributed by atoms with Crippen molar-refractivity contribution in [3.05, 3.63) is 24.5 Å². The Morgan fingerprint density at radius 1 is 1.09 bits per heavy atom. The van der Waals surface area contributed by atoms with Crippen LogP contribution in [0.4, 0.5) is 0 Å². The summed E-state index contributed by atoms with van der Waals surface area (Å²) in [6.07, 6.45) is 16.2. The highest BCUT2D eigenvalue weighted by Gasteiger charge is 2.54. The molecule has 7 rings (SSSR count). The summed E-state index contributed by atoms with van der Waals surface area (Å²) < 4.78 is 2.35. The third-order valence-corrected chi connectivity index (χ3v) is 9.89. The molecule has 2 aromatic rings. The first-order valence-electron chi connectivity index (χ1n) is 12.6. The lowest BCUT2D eigenvalue weighted by Gasteiger charge is -2.56. The summed E-state index contributed by atoms with van der Waals surface area (Å²) in [6.45, 7) is 2.35. The number of carbonyl (C=O) groups is 1. The van der Waals surface area contributed by atoms with Crippen LogP contribution in [0.2, 0.25) is 0 Å². The summed E-state index contributed by atoms with van der Waals surface area (Å²) in [5, 5.41) is 10.1. The largest absolute Gasteiger partial charge is 0.299 e. The molecular weight excluding hydrogens is 416 g/mol. The summed E-state index contributed by atoms with van der Waals surface area (Å²) in [4.78, 5) is 17.9. The molecular formula is C26H34N4OS. The van der Waals surface area contributed by atoms with E-state index < -0.39 is 0 Å². The first-order chi connectivity index (χ1) is 15.6. The predicted octanol–water partition coefficient (Wildman–Crippen LogP) is 5.97. The number of hydrogen-bond acceptors (Lipinski definition) is 5. The Kier molecular flexibility index (Phi) is 5.39. The fourth-order valence-corrected chi connectivity index (χ4v) is 8.81. The molecule has 0 amide bonds. The number of thioether (sulfide) groups is 1. The molecule has 0 radical (unpaired) electrons. The van der Waals surface area contributed by atoms with Crippen molar-refractivity contribution in [2.24, 2.45) is 29.1 Å². The molecule has 170 valence electrons. The molecule has 5 saturated carbocycles. The third-order valence-electron chi connectivity index (χ3n) is 8.94. The van der Waals surface area contributed by atoms with Crippen LogP contribution in [-0.2, 0) is 4.79 Å². The number of hydrogen-bond donors (Lipinski definition) is 0. The number of Topliss-reactive ketones (excluding diaryl/α,β-unsaturated/α-hetero) is 1. The Morgan fingerprint density at radius 2 is 1.81 bits per heavy atom. The zero-order valence-corrected chi connectivity index (χ0v) is 19.9. The van der Waals surface area contributed by atoms with Gasteiger partial charge in [0.1, 0.15) is 5.78 Å². The van der Waals surface area contributed by atoms with Crippen LogP contribution in [0.1, 0.15) is 77.2 Å². The Labute approximate surface area is 195 Å². The van der Waals surface area contributed by atoms with E-state index in [1.807, 2.05) is 12.3 Å². The van der Waals surface area contributed by atoms with Gasteiger partial charge in [0.15, 0.2) is 11.0 Å². The summed E-state index contributed by atoms with van der Waals surface area (Å²) in [7, 11) is 0. The van der Waals surface area contributed by atoms with E-state index in [-0.39, 0.29) is 5.41 Å². The van der Waals surface area contributed by atoms with Gasteiger partial charge < -0.3 is 0 Å². The number of ketones is 1. The minimum Gasteiger partial charge on any atom is -0.299 e. The fraction of sp³-hybridized carbons (Fsp3) is 0.692. The Balaban J connectivity index is 1.26. The van der Waals surface area contributed by atoms with Crippen molar-refractivity contribution >= 4 is 17.5 Å². The van der Waals surface area contributed by atoms with Gasteiger partial charge in [-0.3, -0.25) is 14.3 Å². The molecule has 2 heterocycles. The summed E-state index contributed by atoms with van der Waals surface area (Å²) in [5.74, 6) is 4.93. The van der Waals surface area contributed by atoms with Gasteiger partial charge in [0.25, 0.3) is 0 Å². The van der Waals surface area contributed by atoms with Gasteiger partial charge in [-0.2, -0.15) is 0 Å². The molecule has 0 aliphatic heterocycles. The van der Waals surface area contributed by atoms with Crippen molar-refractivity contribution in [3.63, 3.8) is 0 Å². The van der Waals surface area contributed by atoms with Crippen LogP contribution in [0.3, 0.4) is 0 Å². The first-order valence-corrected chi connectivity index (χ1v) is 13.6. The van der Waals surface area contributed by atoms with Crippen LogP contribution >= 0.6 is 11.8 Å².